The number of carbonyl (C=O) groups is 1. The Kier molecular flexibility index (Phi) is 6.46. The third-order valence-electron chi connectivity index (χ3n) is 4.51. The van der Waals surface area contributed by atoms with Crippen LogP contribution >= 0.6 is 0 Å². The zero-order valence-electron chi connectivity index (χ0n) is 16.7. The fourth-order valence-corrected chi connectivity index (χ4v) is 3.27. The van der Waals surface area contributed by atoms with Crippen LogP contribution in [0.1, 0.15) is 27.9 Å². The molecule has 0 unspecified atom stereocenters. The molecule has 3 rings (SSSR count). The molecule has 5 N–H and O–H groups in total. The van der Waals surface area contributed by atoms with Crippen LogP contribution in [0.15, 0.2) is 54.9 Å². The molecule has 1 aromatic heterocycles. The second-order valence-electron chi connectivity index (χ2n) is 7.06. The van der Waals surface area contributed by atoms with E-state index in [1.54, 1.807) is 30.6 Å². The molecule has 6 heteroatoms. The first-order chi connectivity index (χ1) is 14.0. The molecule has 6 nitrogen and oxygen atoms in total. The highest BCUT2D eigenvalue weighted by atomic mass is 16.3. The van der Waals surface area contributed by atoms with Crippen LogP contribution in [0.25, 0.3) is 11.1 Å². The predicted molar refractivity (Wildman–Crippen MR) is 117 cm³/mol. The second-order valence-corrected chi connectivity index (χ2v) is 7.06. The smallest absolute Gasteiger partial charge is 0.259 e. The Bertz CT molecular complexity index is 997. The monoisotopic (exact) mass is 390 g/mol. The van der Waals surface area contributed by atoms with E-state index in [9.17, 15) is 9.90 Å². The molecule has 0 atom stereocenters. The van der Waals surface area contributed by atoms with Gasteiger partial charge in [-0.2, -0.15) is 0 Å². The topological polar surface area (TPSA) is 100 Å². The highest BCUT2D eigenvalue weighted by Gasteiger charge is 2.17. The summed E-state index contributed by atoms with van der Waals surface area (Å²) in [6, 6.07) is 12.7. The largest absolute Gasteiger partial charge is 0.508 e. The van der Waals surface area contributed by atoms with Crippen molar-refractivity contribution in [3.63, 3.8) is 0 Å². The van der Waals surface area contributed by atoms with E-state index in [2.05, 4.69) is 33.8 Å². The van der Waals surface area contributed by atoms with Gasteiger partial charge in [0.15, 0.2) is 0 Å². The quantitative estimate of drug-likeness (QED) is 0.456. The molecule has 0 fully saturated rings. The zero-order valence-corrected chi connectivity index (χ0v) is 16.7. The number of rotatable bonds is 7. The van der Waals surface area contributed by atoms with Crippen molar-refractivity contribution >= 4 is 17.3 Å². The summed E-state index contributed by atoms with van der Waals surface area (Å²) in [6.45, 7) is 5.29. The van der Waals surface area contributed by atoms with Crippen LogP contribution in [-0.2, 0) is 0 Å². The minimum absolute atomic E-state index is 0.0891. The molecule has 0 radical (unpaired) electrons. The number of hydrogen-bond acceptors (Lipinski definition) is 5. The number of pyridine rings is 1. The van der Waals surface area contributed by atoms with Crippen molar-refractivity contribution in [2.24, 2.45) is 5.73 Å². The number of nitrogens with one attached hydrogen (secondary N) is 2. The van der Waals surface area contributed by atoms with E-state index in [4.69, 9.17) is 5.73 Å². The average molecular weight is 390 g/mol. The van der Waals surface area contributed by atoms with Gasteiger partial charge in [0.1, 0.15) is 5.75 Å². The SMILES string of the molecule is Cc1cc(C)cc(-c2cncc(C(=O)Nc3cccc(O)c3)c2NCCCN)c1. The van der Waals surface area contributed by atoms with Gasteiger partial charge in [0, 0.05) is 36.3 Å². The number of amides is 1. The van der Waals surface area contributed by atoms with E-state index >= 15 is 0 Å². The Morgan fingerprint density at radius 2 is 1.86 bits per heavy atom. The predicted octanol–water partition coefficient (Wildman–Crippen LogP) is 4.08. The fourth-order valence-electron chi connectivity index (χ4n) is 3.27. The van der Waals surface area contributed by atoms with Gasteiger partial charge in [-0.15, -0.1) is 0 Å². The van der Waals surface area contributed by atoms with Crippen LogP contribution in [0.3, 0.4) is 0 Å². The first-order valence-electron chi connectivity index (χ1n) is 9.59. The Balaban J connectivity index is 2.02. The van der Waals surface area contributed by atoms with Gasteiger partial charge < -0.3 is 21.5 Å². The number of aromatic hydroxyl groups is 1. The van der Waals surface area contributed by atoms with Gasteiger partial charge in [-0.3, -0.25) is 9.78 Å². The third kappa shape index (κ3) is 5.12. The lowest BCUT2D eigenvalue weighted by molar-refractivity contribution is 0.102. The summed E-state index contributed by atoms with van der Waals surface area (Å²) in [5.41, 5.74) is 11.4. The van der Waals surface area contributed by atoms with Crippen molar-refractivity contribution in [2.75, 3.05) is 23.7 Å². The maximum absolute atomic E-state index is 13.0. The van der Waals surface area contributed by atoms with Gasteiger partial charge >= 0.3 is 0 Å². The maximum Gasteiger partial charge on any atom is 0.259 e. The van der Waals surface area contributed by atoms with Crippen molar-refractivity contribution in [1.29, 1.82) is 0 Å². The van der Waals surface area contributed by atoms with E-state index in [1.165, 1.54) is 6.07 Å². The number of benzene rings is 2. The Morgan fingerprint density at radius 1 is 1.10 bits per heavy atom. The van der Waals surface area contributed by atoms with Gasteiger partial charge in [-0.1, -0.05) is 35.4 Å². The van der Waals surface area contributed by atoms with E-state index in [0.717, 1.165) is 34.4 Å². The van der Waals surface area contributed by atoms with Crippen LogP contribution in [0, 0.1) is 13.8 Å². The number of nitrogens with two attached hydrogens (primary N) is 1. The lowest BCUT2D eigenvalue weighted by Gasteiger charge is -2.17. The highest BCUT2D eigenvalue weighted by Crippen LogP contribution is 2.32. The molecule has 0 bridgehead atoms. The summed E-state index contributed by atoms with van der Waals surface area (Å²) in [4.78, 5) is 17.3. The molecule has 1 heterocycles. The molecular weight excluding hydrogens is 364 g/mol. The minimum atomic E-state index is -0.301. The van der Waals surface area contributed by atoms with Crippen LogP contribution in [0.5, 0.6) is 5.75 Å². The lowest BCUT2D eigenvalue weighted by Crippen LogP contribution is -2.17. The number of carbonyl (C=O) groups excluding carboxylic acids is 1. The molecule has 1 amide bonds. The fraction of sp³-hybridized carbons (Fsp3) is 0.217. The molecule has 0 aliphatic carbocycles. The normalized spacial score (nSPS) is 10.6. The number of nitrogens with zero attached hydrogens (tertiary/aromatic N) is 1. The minimum Gasteiger partial charge on any atom is -0.508 e. The first kappa shape index (κ1) is 20.4. The van der Waals surface area contributed by atoms with Gasteiger partial charge in [0.05, 0.1) is 11.3 Å². The van der Waals surface area contributed by atoms with E-state index in [1.807, 2.05) is 13.8 Å². The van der Waals surface area contributed by atoms with Crippen molar-refractivity contribution in [3.8, 4) is 16.9 Å². The standard InChI is InChI=1S/C23H26N4O2/c1-15-9-16(2)11-17(10-15)20-13-25-14-21(22(20)26-8-4-7-24)23(29)27-18-5-3-6-19(28)12-18/h3,5-6,9-14,28H,4,7-8,24H2,1-2H3,(H,25,26)(H,27,29). The van der Waals surface area contributed by atoms with Crippen molar-refractivity contribution in [1.82, 2.24) is 4.98 Å². The average Bonchev–Trinajstić information content (AvgIpc) is 2.67. The molecule has 0 saturated carbocycles. The molecule has 2 aromatic carbocycles. The number of hydrogen-bond donors (Lipinski definition) is 4. The third-order valence-corrected chi connectivity index (χ3v) is 4.51. The highest BCUT2D eigenvalue weighted by molar-refractivity contribution is 6.10. The molecular formula is C23H26N4O2. The molecule has 29 heavy (non-hydrogen) atoms. The zero-order chi connectivity index (χ0) is 20.8. The molecule has 0 saturated heterocycles. The number of aromatic nitrogens is 1. The lowest BCUT2D eigenvalue weighted by atomic mass is 9.98. The summed E-state index contributed by atoms with van der Waals surface area (Å²) >= 11 is 0. The van der Waals surface area contributed by atoms with Crippen LogP contribution in [0.2, 0.25) is 0 Å². The summed E-state index contributed by atoms with van der Waals surface area (Å²) < 4.78 is 0. The van der Waals surface area contributed by atoms with Crippen molar-refractivity contribution in [2.45, 2.75) is 20.3 Å². The molecule has 0 aliphatic heterocycles. The van der Waals surface area contributed by atoms with Gasteiger partial charge in [-0.05, 0) is 44.5 Å². The number of anilines is 2. The Labute approximate surface area is 170 Å². The summed E-state index contributed by atoms with van der Waals surface area (Å²) in [5, 5.41) is 15.8. The molecule has 3 aromatic rings. The van der Waals surface area contributed by atoms with Crippen LogP contribution in [-0.4, -0.2) is 29.1 Å². The Morgan fingerprint density at radius 3 is 2.55 bits per heavy atom. The van der Waals surface area contributed by atoms with Crippen LogP contribution < -0.4 is 16.4 Å². The van der Waals surface area contributed by atoms with Gasteiger partial charge in [0.25, 0.3) is 5.91 Å². The summed E-state index contributed by atoms with van der Waals surface area (Å²) in [7, 11) is 0. The number of phenols is 1. The second kappa shape index (κ2) is 9.21. The van der Waals surface area contributed by atoms with E-state index < -0.39 is 0 Å². The van der Waals surface area contributed by atoms with Crippen molar-refractivity contribution < 1.29 is 9.90 Å². The summed E-state index contributed by atoms with van der Waals surface area (Å²) in [6.07, 6.45) is 4.10. The van der Waals surface area contributed by atoms with Crippen molar-refractivity contribution in [3.05, 3.63) is 71.5 Å². The van der Waals surface area contributed by atoms with Gasteiger partial charge in [0.2, 0.25) is 0 Å². The molecule has 0 spiro atoms. The molecule has 150 valence electrons. The van der Waals surface area contributed by atoms with Crippen LogP contribution in [0.4, 0.5) is 11.4 Å². The number of phenolic OH excluding ortho intramolecular Hbond substituents is 1. The summed E-state index contributed by atoms with van der Waals surface area (Å²) in [5.74, 6) is -0.212. The molecule has 0 aliphatic rings. The Hall–Kier alpha value is -3.38. The number of aryl methyl sites for hydroxylation is 2. The van der Waals surface area contributed by atoms with Gasteiger partial charge in [-0.25, -0.2) is 0 Å². The van der Waals surface area contributed by atoms with E-state index in [-0.39, 0.29) is 11.7 Å². The van der Waals surface area contributed by atoms with E-state index in [0.29, 0.717) is 24.3 Å². The maximum atomic E-state index is 13.0. The first-order valence-corrected chi connectivity index (χ1v) is 9.59.